The molecule has 0 aromatic carbocycles. The Morgan fingerprint density at radius 1 is 1.19 bits per heavy atom. The third-order valence-electron chi connectivity index (χ3n) is 4.84. The van der Waals surface area contributed by atoms with Gasteiger partial charge in [0.1, 0.15) is 0 Å². The monoisotopic (exact) mass is 224 g/mol. The van der Waals surface area contributed by atoms with Crippen molar-refractivity contribution in [3.63, 3.8) is 0 Å². The Morgan fingerprint density at radius 3 is 2.44 bits per heavy atom. The van der Waals surface area contributed by atoms with Gasteiger partial charge in [-0.05, 0) is 38.0 Å². The van der Waals surface area contributed by atoms with Crippen LogP contribution in [0.3, 0.4) is 0 Å². The SMILES string of the molecule is CC1CC(C)C(C)N(CC2(N)CCCC2)C1. The quantitative estimate of drug-likeness (QED) is 0.781. The molecular weight excluding hydrogens is 196 g/mol. The lowest BCUT2D eigenvalue weighted by Crippen LogP contribution is -2.55. The number of nitrogens with zero attached hydrogens (tertiary/aromatic N) is 1. The zero-order valence-corrected chi connectivity index (χ0v) is 11.2. The number of nitrogens with two attached hydrogens (primary N) is 1. The van der Waals surface area contributed by atoms with Gasteiger partial charge in [0.25, 0.3) is 0 Å². The van der Waals surface area contributed by atoms with Crippen molar-refractivity contribution < 1.29 is 0 Å². The molecule has 3 atom stereocenters. The second kappa shape index (κ2) is 4.66. The fraction of sp³-hybridized carbons (Fsp3) is 1.00. The van der Waals surface area contributed by atoms with Crippen LogP contribution >= 0.6 is 0 Å². The normalized spacial score (nSPS) is 40.1. The predicted octanol–water partition coefficient (Wildman–Crippen LogP) is 2.62. The van der Waals surface area contributed by atoms with Gasteiger partial charge in [0, 0.05) is 24.7 Å². The molecule has 16 heavy (non-hydrogen) atoms. The molecule has 1 saturated heterocycles. The second-order valence-corrected chi connectivity index (χ2v) is 6.56. The molecule has 0 bridgehead atoms. The summed E-state index contributed by atoms with van der Waals surface area (Å²) in [6, 6.07) is 0.720. The van der Waals surface area contributed by atoms with Crippen molar-refractivity contribution in [1.29, 1.82) is 0 Å². The van der Waals surface area contributed by atoms with Crippen LogP contribution in [0.15, 0.2) is 0 Å². The maximum Gasteiger partial charge on any atom is 0.0283 e. The highest BCUT2D eigenvalue weighted by Gasteiger charge is 2.36. The van der Waals surface area contributed by atoms with E-state index in [1.54, 1.807) is 0 Å². The maximum atomic E-state index is 6.50. The van der Waals surface area contributed by atoms with Crippen molar-refractivity contribution in [1.82, 2.24) is 4.90 Å². The van der Waals surface area contributed by atoms with Crippen LogP contribution in [0.5, 0.6) is 0 Å². The Labute approximate surface area is 101 Å². The van der Waals surface area contributed by atoms with Crippen LogP contribution in [0, 0.1) is 11.8 Å². The number of rotatable bonds is 2. The lowest BCUT2D eigenvalue weighted by atomic mass is 9.84. The van der Waals surface area contributed by atoms with E-state index < -0.39 is 0 Å². The van der Waals surface area contributed by atoms with Gasteiger partial charge in [0.2, 0.25) is 0 Å². The van der Waals surface area contributed by atoms with E-state index in [0.29, 0.717) is 0 Å². The van der Waals surface area contributed by atoms with E-state index in [9.17, 15) is 0 Å². The highest BCUT2D eigenvalue weighted by Crippen LogP contribution is 2.32. The van der Waals surface area contributed by atoms with Crippen molar-refractivity contribution in [2.75, 3.05) is 13.1 Å². The summed E-state index contributed by atoms with van der Waals surface area (Å²) in [7, 11) is 0. The van der Waals surface area contributed by atoms with Gasteiger partial charge in [0.05, 0.1) is 0 Å². The molecule has 0 radical (unpaired) electrons. The van der Waals surface area contributed by atoms with E-state index in [0.717, 1.165) is 24.4 Å². The first-order valence-electron chi connectivity index (χ1n) is 7.03. The van der Waals surface area contributed by atoms with E-state index in [4.69, 9.17) is 5.73 Å². The lowest BCUT2D eigenvalue weighted by molar-refractivity contribution is 0.0589. The minimum atomic E-state index is 0.130. The molecule has 2 fully saturated rings. The maximum absolute atomic E-state index is 6.50. The van der Waals surface area contributed by atoms with E-state index in [1.165, 1.54) is 38.6 Å². The van der Waals surface area contributed by atoms with Gasteiger partial charge in [-0.25, -0.2) is 0 Å². The minimum absolute atomic E-state index is 0.130. The first-order valence-corrected chi connectivity index (χ1v) is 7.03. The van der Waals surface area contributed by atoms with Crippen molar-refractivity contribution >= 4 is 0 Å². The average molecular weight is 224 g/mol. The zero-order valence-electron chi connectivity index (χ0n) is 11.2. The molecule has 94 valence electrons. The highest BCUT2D eigenvalue weighted by atomic mass is 15.2. The van der Waals surface area contributed by atoms with Crippen molar-refractivity contribution in [3.8, 4) is 0 Å². The average Bonchev–Trinajstić information content (AvgIpc) is 2.61. The largest absolute Gasteiger partial charge is 0.324 e. The molecule has 2 aliphatic rings. The Hall–Kier alpha value is -0.0800. The van der Waals surface area contributed by atoms with Crippen LogP contribution in [0.2, 0.25) is 0 Å². The number of likely N-dealkylation sites (tertiary alicyclic amines) is 1. The Kier molecular flexibility index (Phi) is 3.60. The first kappa shape index (κ1) is 12.4. The minimum Gasteiger partial charge on any atom is -0.324 e. The molecule has 1 aliphatic carbocycles. The smallest absolute Gasteiger partial charge is 0.0283 e. The van der Waals surface area contributed by atoms with Crippen LogP contribution in [-0.2, 0) is 0 Å². The van der Waals surface area contributed by atoms with Crippen LogP contribution in [0.4, 0.5) is 0 Å². The van der Waals surface area contributed by atoms with Gasteiger partial charge in [-0.2, -0.15) is 0 Å². The fourth-order valence-corrected chi connectivity index (χ4v) is 3.68. The van der Waals surface area contributed by atoms with E-state index >= 15 is 0 Å². The zero-order chi connectivity index (χ0) is 11.8. The van der Waals surface area contributed by atoms with Gasteiger partial charge in [-0.15, -0.1) is 0 Å². The third-order valence-corrected chi connectivity index (χ3v) is 4.84. The number of piperidine rings is 1. The molecule has 2 nitrogen and oxygen atoms in total. The van der Waals surface area contributed by atoms with Gasteiger partial charge in [-0.3, -0.25) is 4.90 Å². The molecule has 0 spiro atoms. The number of hydrogen-bond donors (Lipinski definition) is 1. The highest BCUT2D eigenvalue weighted by molar-refractivity contribution is 4.95. The van der Waals surface area contributed by atoms with Crippen LogP contribution in [0.1, 0.15) is 52.9 Å². The first-order chi connectivity index (χ1) is 7.50. The molecule has 3 unspecified atom stereocenters. The van der Waals surface area contributed by atoms with Crippen LogP contribution in [0.25, 0.3) is 0 Å². The van der Waals surface area contributed by atoms with Crippen LogP contribution < -0.4 is 5.73 Å². The van der Waals surface area contributed by atoms with Gasteiger partial charge < -0.3 is 5.73 Å². The predicted molar refractivity (Wildman–Crippen MR) is 69.4 cm³/mol. The summed E-state index contributed by atoms with van der Waals surface area (Å²) in [4.78, 5) is 2.66. The summed E-state index contributed by atoms with van der Waals surface area (Å²) in [5, 5.41) is 0. The summed E-state index contributed by atoms with van der Waals surface area (Å²) in [5.74, 6) is 1.67. The summed E-state index contributed by atoms with van der Waals surface area (Å²) in [6.07, 6.45) is 6.53. The standard InChI is InChI=1S/C14H28N2/c1-11-8-12(2)13(3)16(9-11)10-14(15)6-4-5-7-14/h11-13H,4-10,15H2,1-3H3. The van der Waals surface area contributed by atoms with Gasteiger partial charge in [0.15, 0.2) is 0 Å². The molecule has 0 amide bonds. The molecule has 1 aliphatic heterocycles. The van der Waals surface area contributed by atoms with Gasteiger partial charge >= 0.3 is 0 Å². The Morgan fingerprint density at radius 2 is 1.81 bits per heavy atom. The molecule has 0 aromatic rings. The summed E-state index contributed by atoms with van der Waals surface area (Å²) in [6.45, 7) is 9.54. The van der Waals surface area contributed by atoms with Crippen LogP contribution in [-0.4, -0.2) is 29.6 Å². The van der Waals surface area contributed by atoms with Crippen molar-refractivity contribution in [3.05, 3.63) is 0 Å². The van der Waals surface area contributed by atoms with E-state index in [2.05, 4.69) is 25.7 Å². The Balaban J connectivity index is 1.97. The summed E-state index contributed by atoms with van der Waals surface area (Å²) >= 11 is 0. The summed E-state index contributed by atoms with van der Waals surface area (Å²) < 4.78 is 0. The molecule has 1 heterocycles. The lowest BCUT2D eigenvalue weighted by Gasteiger charge is -2.44. The van der Waals surface area contributed by atoms with Crippen molar-refractivity contribution in [2.45, 2.75) is 64.5 Å². The molecule has 0 aromatic heterocycles. The molecule has 1 saturated carbocycles. The molecule has 2 rings (SSSR count). The van der Waals surface area contributed by atoms with E-state index in [1.807, 2.05) is 0 Å². The Bertz CT molecular complexity index is 233. The summed E-state index contributed by atoms with van der Waals surface area (Å²) in [5.41, 5.74) is 6.63. The topological polar surface area (TPSA) is 29.3 Å². The number of hydrogen-bond acceptors (Lipinski definition) is 2. The van der Waals surface area contributed by atoms with E-state index in [-0.39, 0.29) is 5.54 Å². The second-order valence-electron chi connectivity index (χ2n) is 6.56. The fourth-order valence-electron chi connectivity index (χ4n) is 3.68. The van der Waals surface area contributed by atoms with Crippen molar-refractivity contribution in [2.24, 2.45) is 17.6 Å². The molecule has 2 N–H and O–H groups in total. The third kappa shape index (κ3) is 2.60. The molecular formula is C14H28N2. The molecule has 2 heteroatoms. The van der Waals surface area contributed by atoms with Gasteiger partial charge in [-0.1, -0.05) is 26.7 Å².